The summed E-state index contributed by atoms with van der Waals surface area (Å²) in [5.74, 6) is 0. The molecule has 1 aromatic heterocycles. The molecule has 0 amide bonds. The SMILES string of the molecule is O=[N+]([O-])[C@@H]1CC/C(=N\O)c2nonc21. The van der Waals surface area contributed by atoms with Gasteiger partial charge in [0.05, 0.1) is 0 Å². The Morgan fingerprint density at radius 2 is 2.43 bits per heavy atom. The van der Waals surface area contributed by atoms with Gasteiger partial charge >= 0.3 is 0 Å². The highest BCUT2D eigenvalue weighted by molar-refractivity contribution is 6.00. The summed E-state index contributed by atoms with van der Waals surface area (Å²) >= 11 is 0. The maximum Gasteiger partial charge on any atom is 0.260 e. The Kier molecular flexibility index (Phi) is 1.88. The molecule has 1 aliphatic carbocycles. The minimum Gasteiger partial charge on any atom is -0.411 e. The van der Waals surface area contributed by atoms with Gasteiger partial charge in [0.25, 0.3) is 6.04 Å². The number of hydrogen-bond acceptors (Lipinski definition) is 7. The molecule has 0 spiro atoms. The van der Waals surface area contributed by atoms with Crippen LogP contribution in [-0.4, -0.2) is 26.2 Å². The molecular formula is C6H6N4O4. The summed E-state index contributed by atoms with van der Waals surface area (Å²) in [5, 5.41) is 29.1. The third-order valence-electron chi connectivity index (χ3n) is 2.13. The lowest BCUT2D eigenvalue weighted by Crippen LogP contribution is -2.21. The second kappa shape index (κ2) is 3.05. The predicted molar refractivity (Wildman–Crippen MR) is 41.6 cm³/mol. The van der Waals surface area contributed by atoms with E-state index >= 15 is 0 Å². The zero-order chi connectivity index (χ0) is 10.1. The maximum absolute atomic E-state index is 10.6. The van der Waals surface area contributed by atoms with E-state index in [0.29, 0.717) is 6.42 Å². The summed E-state index contributed by atoms with van der Waals surface area (Å²) in [6.45, 7) is 0. The summed E-state index contributed by atoms with van der Waals surface area (Å²) < 4.78 is 4.38. The molecule has 0 bridgehead atoms. The Morgan fingerprint density at radius 3 is 3.07 bits per heavy atom. The van der Waals surface area contributed by atoms with Crippen molar-refractivity contribution in [2.24, 2.45) is 5.16 Å². The first-order valence-electron chi connectivity index (χ1n) is 3.91. The summed E-state index contributed by atoms with van der Waals surface area (Å²) in [5.41, 5.74) is 0.592. The van der Waals surface area contributed by atoms with E-state index < -0.39 is 11.0 Å². The van der Waals surface area contributed by atoms with Crippen LogP contribution in [0.2, 0.25) is 0 Å². The van der Waals surface area contributed by atoms with Crippen molar-refractivity contribution in [1.82, 2.24) is 10.3 Å². The molecule has 1 aliphatic rings. The van der Waals surface area contributed by atoms with Gasteiger partial charge in [0.1, 0.15) is 5.71 Å². The predicted octanol–water partition coefficient (Wildman–Crippen LogP) is 0.359. The molecule has 0 saturated heterocycles. The van der Waals surface area contributed by atoms with Gasteiger partial charge in [-0.1, -0.05) is 5.16 Å². The Bertz CT molecular complexity index is 398. The van der Waals surface area contributed by atoms with Gasteiger partial charge in [-0.15, -0.1) is 0 Å². The first-order valence-corrected chi connectivity index (χ1v) is 3.91. The highest BCUT2D eigenvalue weighted by Gasteiger charge is 2.37. The van der Waals surface area contributed by atoms with Crippen LogP contribution in [0.4, 0.5) is 0 Å². The van der Waals surface area contributed by atoms with E-state index in [9.17, 15) is 10.1 Å². The van der Waals surface area contributed by atoms with Gasteiger partial charge in [0, 0.05) is 17.8 Å². The first-order chi connectivity index (χ1) is 6.74. The fraction of sp³-hybridized carbons (Fsp3) is 0.500. The molecule has 2 rings (SSSR count). The lowest BCUT2D eigenvalue weighted by molar-refractivity contribution is -0.531. The van der Waals surface area contributed by atoms with Crippen LogP contribution in [0.1, 0.15) is 30.3 Å². The maximum atomic E-state index is 10.6. The molecule has 0 aliphatic heterocycles. The third kappa shape index (κ3) is 1.11. The van der Waals surface area contributed by atoms with Crippen molar-refractivity contribution >= 4 is 5.71 Å². The fourth-order valence-corrected chi connectivity index (χ4v) is 1.45. The van der Waals surface area contributed by atoms with Gasteiger partial charge in [0.15, 0.2) is 11.4 Å². The molecular weight excluding hydrogens is 192 g/mol. The molecule has 8 heteroatoms. The Balaban J connectivity index is 2.47. The molecule has 0 saturated carbocycles. The number of hydrogen-bond donors (Lipinski definition) is 1. The van der Waals surface area contributed by atoms with E-state index in [2.05, 4.69) is 20.1 Å². The van der Waals surface area contributed by atoms with E-state index in [0.717, 1.165) is 0 Å². The number of rotatable bonds is 1. The molecule has 1 N–H and O–H groups in total. The lowest BCUT2D eigenvalue weighted by Gasteiger charge is -2.12. The van der Waals surface area contributed by atoms with Crippen molar-refractivity contribution in [2.45, 2.75) is 18.9 Å². The number of oxime groups is 1. The molecule has 1 aromatic rings. The molecule has 14 heavy (non-hydrogen) atoms. The molecule has 8 nitrogen and oxygen atoms in total. The van der Waals surface area contributed by atoms with E-state index in [1.54, 1.807) is 0 Å². The van der Waals surface area contributed by atoms with Crippen LogP contribution in [0.25, 0.3) is 0 Å². The topological polar surface area (TPSA) is 115 Å². The molecule has 0 aromatic carbocycles. The highest BCUT2D eigenvalue weighted by Crippen LogP contribution is 2.29. The molecule has 74 valence electrons. The van der Waals surface area contributed by atoms with Crippen LogP contribution in [0.3, 0.4) is 0 Å². The van der Waals surface area contributed by atoms with Gasteiger partial charge in [-0.3, -0.25) is 10.1 Å². The second-order valence-electron chi connectivity index (χ2n) is 2.88. The molecule has 0 fully saturated rings. The number of nitrogens with zero attached hydrogens (tertiary/aromatic N) is 4. The van der Waals surface area contributed by atoms with E-state index in [4.69, 9.17) is 5.21 Å². The van der Waals surface area contributed by atoms with E-state index in [1.807, 2.05) is 0 Å². The molecule has 0 unspecified atom stereocenters. The van der Waals surface area contributed by atoms with Gasteiger partial charge in [0.2, 0.25) is 0 Å². The largest absolute Gasteiger partial charge is 0.411 e. The fourth-order valence-electron chi connectivity index (χ4n) is 1.45. The minimum absolute atomic E-state index is 0.133. The quantitative estimate of drug-likeness (QED) is 0.395. The summed E-state index contributed by atoms with van der Waals surface area (Å²) in [4.78, 5) is 10.2. The summed E-state index contributed by atoms with van der Waals surface area (Å²) in [6, 6.07) is -0.915. The molecule has 0 radical (unpaired) electrons. The lowest BCUT2D eigenvalue weighted by atomic mass is 9.95. The number of aromatic nitrogens is 2. The Morgan fingerprint density at radius 1 is 1.64 bits per heavy atom. The van der Waals surface area contributed by atoms with Crippen LogP contribution in [-0.2, 0) is 0 Å². The number of nitro groups is 1. The van der Waals surface area contributed by atoms with Crippen LogP contribution in [0, 0.1) is 10.1 Å². The van der Waals surface area contributed by atoms with Crippen molar-refractivity contribution in [3.05, 3.63) is 21.5 Å². The molecule has 1 atom stereocenters. The van der Waals surface area contributed by atoms with Crippen molar-refractivity contribution < 1.29 is 14.8 Å². The standard InChI is InChI=1S/C6H6N4O4/c11-7-3-1-2-4(10(12)13)6-5(3)8-14-9-6/h4,11H,1-2H2/b7-3+/t4-/m1/s1. The van der Waals surface area contributed by atoms with Gasteiger partial charge in [-0.25, -0.2) is 4.63 Å². The van der Waals surface area contributed by atoms with Crippen LogP contribution in [0.15, 0.2) is 9.78 Å². The van der Waals surface area contributed by atoms with Crippen molar-refractivity contribution in [3.63, 3.8) is 0 Å². The zero-order valence-corrected chi connectivity index (χ0v) is 6.95. The number of fused-ring (bicyclic) bond motifs is 1. The second-order valence-corrected chi connectivity index (χ2v) is 2.88. The highest BCUT2D eigenvalue weighted by atomic mass is 16.6. The average molecular weight is 198 g/mol. The van der Waals surface area contributed by atoms with Crippen LogP contribution < -0.4 is 0 Å². The van der Waals surface area contributed by atoms with Gasteiger partial charge in [-0.2, -0.15) is 0 Å². The van der Waals surface area contributed by atoms with E-state index in [1.165, 1.54) is 0 Å². The average Bonchev–Trinajstić information content (AvgIpc) is 2.64. The Labute approximate surface area is 77.3 Å². The van der Waals surface area contributed by atoms with E-state index in [-0.39, 0.29) is 23.5 Å². The summed E-state index contributed by atoms with van der Waals surface area (Å²) in [7, 11) is 0. The Hall–Kier alpha value is -1.99. The minimum atomic E-state index is -0.915. The molecule has 1 heterocycles. The van der Waals surface area contributed by atoms with Gasteiger partial charge < -0.3 is 5.21 Å². The van der Waals surface area contributed by atoms with Crippen LogP contribution >= 0.6 is 0 Å². The monoisotopic (exact) mass is 198 g/mol. The summed E-state index contributed by atoms with van der Waals surface area (Å²) in [6.07, 6.45) is 0.539. The zero-order valence-electron chi connectivity index (χ0n) is 6.95. The van der Waals surface area contributed by atoms with Crippen molar-refractivity contribution in [2.75, 3.05) is 0 Å². The normalized spacial score (nSPS) is 23.4. The van der Waals surface area contributed by atoms with Crippen molar-refractivity contribution in [3.8, 4) is 0 Å². The van der Waals surface area contributed by atoms with Crippen LogP contribution in [0.5, 0.6) is 0 Å². The third-order valence-corrected chi connectivity index (χ3v) is 2.13. The first kappa shape index (κ1) is 8.60. The van der Waals surface area contributed by atoms with Gasteiger partial charge in [-0.05, 0) is 10.3 Å². The van der Waals surface area contributed by atoms with Crippen molar-refractivity contribution in [1.29, 1.82) is 0 Å². The smallest absolute Gasteiger partial charge is 0.260 e.